The van der Waals surface area contributed by atoms with Gasteiger partial charge in [0.25, 0.3) is 0 Å². The third kappa shape index (κ3) is 5.97. The number of ether oxygens (including phenoxy) is 1. The first kappa shape index (κ1) is 20.7. The van der Waals surface area contributed by atoms with Gasteiger partial charge in [-0.2, -0.15) is 11.3 Å². The summed E-state index contributed by atoms with van der Waals surface area (Å²) in [6, 6.07) is 9.12. The maximum atomic E-state index is 5.42. The summed E-state index contributed by atoms with van der Waals surface area (Å²) in [5, 5.41) is 11.5. The number of likely N-dealkylation sites (tertiary alicyclic amines) is 1. The molecule has 1 aromatic carbocycles. The quantitative estimate of drug-likeness (QED) is 0.552. The van der Waals surface area contributed by atoms with Crippen LogP contribution in [0.25, 0.3) is 0 Å². The summed E-state index contributed by atoms with van der Waals surface area (Å²) in [7, 11) is 3.57. The number of benzene rings is 1. The van der Waals surface area contributed by atoms with Crippen LogP contribution >= 0.6 is 11.3 Å². The highest BCUT2D eigenvalue weighted by atomic mass is 32.1. The van der Waals surface area contributed by atoms with E-state index in [0.717, 1.165) is 57.2 Å². The zero-order valence-electron chi connectivity index (χ0n) is 17.2. The number of piperidine rings is 1. The van der Waals surface area contributed by atoms with Gasteiger partial charge in [0.1, 0.15) is 5.75 Å². The lowest BCUT2D eigenvalue weighted by Gasteiger charge is -2.33. The van der Waals surface area contributed by atoms with Crippen molar-refractivity contribution in [3.8, 4) is 5.75 Å². The zero-order valence-corrected chi connectivity index (χ0v) is 18.0. The van der Waals surface area contributed by atoms with Crippen LogP contribution in [0.15, 0.2) is 40.0 Å². The first-order chi connectivity index (χ1) is 13.7. The van der Waals surface area contributed by atoms with E-state index < -0.39 is 0 Å². The van der Waals surface area contributed by atoms with Crippen LogP contribution in [0.3, 0.4) is 0 Å². The number of thiophene rings is 1. The van der Waals surface area contributed by atoms with Crippen molar-refractivity contribution >= 4 is 17.3 Å². The first-order valence-corrected chi connectivity index (χ1v) is 11.0. The molecular weight excluding hydrogens is 368 g/mol. The van der Waals surface area contributed by atoms with E-state index in [9.17, 15) is 0 Å². The second-order valence-electron chi connectivity index (χ2n) is 7.38. The van der Waals surface area contributed by atoms with Gasteiger partial charge >= 0.3 is 0 Å². The second-order valence-corrected chi connectivity index (χ2v) is 8.16. The minimum absolute atomic E-state index is 0.490. The Morgan fingerprint density at radius 1 is 1.25 bits per heavy atom. The molecule has 6 heteroatoms. The maximum absolute atomic E-state index is 5.42. The normalized spacial score (nSPS) is 16.2. The van der Waals surface area contributed by atoms with E-state index in [0.29, 0.717) is 6.04 Å². The van der Waals surface area contributed by atoms with E-state index >= 15 is 0 Å². The smallest absolute Gasteiger partial charge is 0.191 e. The van der Waals surface area contributed by atoms with Crippen molar-refractivity contribution in [1.29, 1.82) is 0 Å². The lowest BCUT2D eigenvalue weighted by molar-refractivity contribution is 0.198. The van der Waals surface area contributed by atoms with Crippen LogP contribution in [0.5, 0.6) is 5.75 Å². The number of hydrogen-bond acceptors (Lipinski definition) is 4. The van der Waals surface area contributed by atoms with Gasteiger partial charge in [0, 0.05) is 39.3 Å². The molecule has 1 fully saturated rings. The molecule has 2 N–H and O–H groups in total. The van der Waals surface area contributed by atoms with Gasteiger partial charge in [0.15, 0.2) is 5.96 Å². The molecule has 5 nitrogen and oxygen atoms in total. The molecule has 0 spiro atoms. The summed E-state index contributed by atoms with van der Waals surface area (Å²) in [5.41, 5.74) is 3.87. The van der Waals surface area contributed by atoms with Crippen LogP contribution in [-0.2, 0) is 13.0 Å². The summed E-state index contributed by atoms with van der Waals surface area (Å²) in [6.45, 7) is 6.26. The van der Waals surface area contributed by atoms with Crippen LogP contribution in [0.1, 0.15) is 29.5 Å². The molecule has 1 aromatic heterocycles. The zero-order chi connectivity index (χ0) is 19.8. The molecule has 28 heavy (non-hydrogen) atoms. The van der Waals surface area contributed by atoms with Crippen molar-refractivity contribution in [1.82, 2.24) is 15.5 Å². The predicted molar refractivity (Wildman–Crippen MR) is 119 cm³/mol. The molecule has 0 bridgehead atoms. The highest BCUT2D eigenvalue weighted by molar-refractivity contribution is 7.07. The average Bonchev–Trinajstić information content (AvgIpc) is 3.23. The minimum Gasteiger partial charge on any atom is -0.496 e. The largest absolute Gasteiger partial charge is 0.496 e. The standard InChI is InChI=1S/C22H32N4OS/c1-17-4-5-18(14-21(17)27-3)6-10-24-22(23-2)25-20-7-11-26(12-8-20)15-19-9-13-28-16-19/h4-5,9,13-14,16,20H,6-8,10-12,15H2,1-3H3,(H2,23,24,25). The van der Waals surface area contributed by atoms with E-state index in [2.05, 4.69) is 62.5 Å². The number of aryl methyl sites for hydroxylation is 1. The number of rotatable bonds is 7. The van der Waals surface area contributed by atoms with Crippen molar-refractivity contribution in [2.24, 2.45) is 4.99 Å². The maximum Gasteiger partial charge on any atom is 0.191 e. The molecular formula is C22H32N4OS. The molecule has 1 aliphatic rings. The van der Waals surface area contributed by atoms with Gasteiger partial charge in [-0.25, -0.2) is 0 Å². The summed E-state index contributed by atoms with van der Waals surface area (Å²) in [5.74, 6) is 1.85. The van der Waals surface area contributed by atoms with Gasteiger partial charge < -0.3 is 15.4 Å². The molecule has 0 atom stereocenters. The lowest BCUT2D eigenvalue weighted by Crippen LogP contribution is -2.48. The number of nitrogens with zero attached hydrogens (tertiary/aromatic N) is 2. The first-order valence-electron chi connectivity index (χ1n) is 10.0. The van der Waals surface area contributed by atoms with E-state index in [4.69, 9.17) is 4.74 Å². The predicted octanol–water partition coefficient (Wildman–Crippen LogP) is 3.44. The van der Waals surface area contributed by atoms with Crippen LogP contribution < -0.4 is 15.4 Å². The van der Waals surface area contributed by atoms with Gasteiger partial charge in [0.05, 0.1) is 7.11 Å². The van der Waals surface area contributed by atoms with Crippen molar-refractivity contribution in [2.75, 3.05) is 33.8 Å². The molecule has 1 saturated heterocycles. The number of hydrogen-bond donors (Lipinski definition) is 2. The number of nitrogens with one attached hydrogen (secondary N) is 2. The van der Waals surface area contributed by atoms with Gasteiger partial charge in [-0.1, -0.05) is 12.1 Å². The van der Waals surface area contributed by atoms with Crippen LogP contribution in [0.2, 0.25) is 0 Å². The molecule has 0 saturated carbocycles. The van der Waals surface area contributed by atoms with Crippen molar-refractivity contribution in [2.45, 2.75) is 38.8 Å². The Hall–Kier alpha value is -2.05. The number of methoxy groups -OCH3 is 1. The Bertz CT molecular complexity index is 752. The molecule has 3 rings (SSSR count). The molecule has 152 valence electrons. The van der Waals surface area contributed by atoms with Gasteiger partial charge in [0.2, 0.25) is 0 Å². The Labute approximate surface area is 172 Å². The summed E-state index contributed by atoms with van der Waals surface area (Å²) < 4.78 is 5.42. The van der Waals surface area contributed by atoms with Gasteiger partial charge in [-0.05, 0) is 65.8 Å². The molecule has 0 radical (unpaired) electrons. The van der Waals surface area contributed by atoms with Crippen LogP contribution in [0, 0.1) is 6.92 Å². The molecule has 2 heterocycles. The average molecular weight is 401 g/mol. The molecule has 0 amide bonds. The van der Waals surface area contributed by atoms with E-state index in [1.54, 1.807) is 18.4 Å². The molecule has 0 aliphatic carbocycles. The SMILES string of the molecule is CN=C(NCCc1ccc(C)c(OC)c1)NC1CCN(Cc2ccsc2)CC1. The minimum atomic E-state index is 0.490. The van der Waals surface area contributed by atoms with E-state index in [1.165, 1.54) is 16.7 Å². The van der Waals surface area contributed by atoms with Gasteiger partial charge in [-0.3, -0.25) is 9.89 Å². The highest BCUT2D eigenvalue weighted by Crippen LogP contribution is 2.19. The van der Waals surface area contributed by atoms with Gasteiger partial charge in [-0.15, -0.1) is 0 Å². The Kier molecular flexibility index (Phi) is 7.74. The highest BCUT2D eigenvalue weighted by Gasteiger charge is 2.20. The Balaban J connectivity index is 1.39. The Morgan fingerprint density at radius 3 is 2.75 bits per heavy atom. The van der Waals surface area contributed by atoms with E-state index in [-0.39, 0.29) is 0 Å². The summed E-state index contributed by atoms with van der Waals surface area (Å²) in [4.78, 5) is 6.94. The fraction of sp³-hybridized carbons (Fsp3) is 0.500. The fourth-order valence-electron chi connectivity index (χ4n) is 3.61. The van der Waals surface area contributed by atoms with Crippen molar-refractivity contribution in [3.05, 3.63) is 51.7 Å². The Morgan fingerprint density at radius 2 is 2.07 bits per heavy atom. The third-order valence-electron chi connectivity index (χ3n) is 5.32. The van der Waals surface area contributed by atoms with Crippen LogP contribution in [0.4, 0.5) is 0 Å². The van der Waals surface area contributed by atoms with Crippen molar-refractivity contribution in [3.63, 3.8) is 0 Å². The number of aliphatic imine (C=N–C) groups is 1. The third-order valence-corrected chi connectivity index (χ3v) is 6.05. The topological polar surface area (TPSA) is 48.9 Å². The van der Waals surface area contributed by atoms with E-state index in [1.807, 2.05) is 7.05 Å². The van der Waals surface area contributed by atoms with Crippen molar-refractivity contribution < 1.29 is 4.74 Å². The summed E-state index contributed by atoms with van der Waals surface area (Å²) >= 11 is 1.78. The second kappa shape index (κ2) is 10.5. The fourth-order valence-corrected chi connectivity index (χ4v) is 4.27. The molecule has 0 unspecified atom stereocenters. The summed E-state index contributed by atoms with van der Waals surface area (Å²) in [6.07, 6.45) is 3.25. The molecule has 2 aromatic rings. The number of guanidine groups is 1. The monoisotopic (exact) mass is 400 g/mol. The van der Waals surface area contributed by atoms with Crippen LogP contribution in [-0.4, -0.2) is 50.7 Å². The molecule has 1 aliphatic heterocycles. The lowest BCUT2D eigenvalue weighted by atomic mass is 10.0.